The molecular weight excluding hydrogens is 446 g/mol. The molecule has 0 spiro atoms. The van der Waals surface area contributed by atoms with Crippen molar-refractivity contribution >= 4 is 29.0 Å². The van der Waals surface area contributed by atoms with Gasteiger partial charge >= 0.3 is 0 Å². The summed E-state index contributed by atoms with van der Waals surface area (Å²) in [6.07, 6.45) is 3.16. The molecule has 168 valence electrons. The average molecular weight is 466 g/mol. The van der Waals surface area contributed by atoms with Gasteiger partial charge in [0.15, 0.2) is 11.4 Å². The van der Waals surface area contributed by atoms with Crippen molar-refractivity contribution in [2.75, 3.05) is 12.4 Å². The Balaban J connectivity index is 1.59. The Bertz CT molecular complexity index is 1310. The lowest BCUT2D eigenvalue weighted by Gasteiger charge is -2.11. The van der Waals surface area contributed by atoms with E-state index >= 15 is 0 Å². The summed E-state index contributed by atoms with van der Waals surface area (Å²) in [4.78, 5) is 16.3. The number of amides is 1. The van der Waals surface area contributed by atoms with Gasteiger partial charge in [0.25, 0.3) is 5.91 Å². The molecule has 2 heterocycles. The van der Waals surface area contributed by atoms with Gasteiger partial charge < -0.3 is 25.6 Å². The van der Waals surface area contributed by atoms with Crippen molar-refractivity contribution in [2.45, 2.75) is 6.61 Å². The Morgan fingerprint density at radius 2 is 2.00 bits per heavy atom. The number of rotatable bonds is 8. The van der Waals surface area contributed by atoms with Gasteiger partial charge in [0.05, 0.1) is 29.7 Å². The summed E-state index contributed by atoms with van der Waals surface area (Å²) in [6.45, 7) is 0.0576. The summed E-state index contributed by atoms with van der Waals surface area (Å²) in [5, 5.41) is 17.3. The summed E-state index contributed by atoms with van der Waals surface area (Å²) in [7, 11) is 1.59. The second-order valence-electron chi connectivity index (χ2n) is 6.94. The number of methoxy groups -OCH3 is 1. The number of phenols is 1. The van der Waals surface area contributed by atoms with Crippen molar-refractivity contribution in [1.29, 1.82) is 0 Å². The van der Waals surface area contributed by atoms with Gasteiger partial charge in [-0.1, -0.05) is 29.8 Å². The van der Waals surface area contributed by atoms with E-state index in [2.05, 4.69) is 15.4 Å². The number of aromatic nitrogens is 3. The van der Waals surface area contributed by atoms with Crippen LogP contribution in [0.2, 0.25) is 5.02 Å². The zero-order valence-electron chi connectivity index (χ0n) is 17.5. The van der Waals surface area contributed by atoms with Gasteiger partial charge in [0.1, 0.15) is 23.9 Å². The number of ether oxygens (including phenoxy) is 2. The third-order valence-corrected chi connectivity index (χ3v) is 5.06. The van der Waals surface area contributed by atoms with Crippen molar-refractivity contribution in [1.82, 2.24) is 14.8 Å². The number of nitrogens with zero attached hydrogens (tertiary/aromatic N) is 3. The van der Waals surface area contributed by atoms with Crippen molar-refractivity contribution in [2.24, 2.45) is 5.73 Å². The maximum Gasteiger partial charge on any atom is 0.273 e. The van der Waals surface area contributed by atoms with Crippen LogP contribution in [0.5, 0.6) is 17.2 Å². The molecule has 4 rings (SSSR count). The number of nitrogens with one attached hydrogen (secondary N) is 1. The Hall–Kier alpha value is -4.24. The van der Waals surface area contributed by atoms with Gasteiger partial charge in [-0.25, -0.2) is 9.67 Å². The zero-order valence-corrected chi connectivity index (χ0v) is 18.3. The minimum Gasteiger partial charge on any atom is -0.508 e. The molecular formula is C23H20ClN5O4. The number of anilines is 2. The lowest BCUT2D eigenvalue weighted by atomic mass is 10.2. The van der Waals surface area contributed by atoms with Gasteiger partial charge in [0, 0.05) is 17.8 Å². The maximum absolute atomic E-state index is 11.9. The molecule has 2 aromatic heterocycles. The molecule has 0 unspecified atom stereocenters. The third-order valence-electron chi connectivity index (χ3n) is 4.71. The Kier molecular flexibility index (Phi) is 6.32. The number of para-hydroxylation sites is 2. The first kappa shape index (κ1) is 22.0. The van der Waals surface area contributed by atoms with Gasteiger partial charge in [-0.15, -0.1) is 0 Å². The van der Waals surface area contributed by atoms with Gasteiger partial charge in [0.2, 0.25) is 0 Å². The highest BCUT2D eigenvalue weighted by Crippen LogP contribution is 2.28. The molecule has 4 aromatic rings. The summed E-state index contributed by atoms with van der Waals surface area (Å²) >= 11 is 6.13. The summed E-state index contributed by atoms with van der Waals surface area (Å²) < 4.78 is 12.6. The topological polar surface area (TPSA) is 125 Å². The first-order chi connectivity index (χ1) is 15.9. The molecule has 0 saturated carbocycles. The quantitative estimate of drug-likeness (QED) is 0.358. The molecule has 1 amide bonds. The number of halogens is 1. The van der Waals surface area contributed by atoms with Crippen LogP contribution in [-0.4, -0.2) is 32.9 Å². The van der Waals surface area contributed by atoms with Crippen LogP contribution in [0, 0.1) is 0 Å². The SMILES string of the molecule is COc1ccccc1Nc1cc(-n2cc(OCc3ccc(O)cc3Cl)c(C(N)=O)n2)ccn1. The van der Waals surface area contributed by atoms with Gasteiger partial charge in [-0.05, 0) is 30.3 Å². The molecule has 2 aromatic carbocycles. The molecule has 9 nitrogen and oxygen atoms in total. The summed E-state index contributed by atoms with van der Waals surface area (Å²) in [5.41, 5.74) is 7.47. The minimum absolute atomic E-state index is 0.0269. The number of phenolic OH excluding ortho intramolecular Hbond substituents is 1. The Labute approximate surface area is 194 Å². The third kappa shape index (κ3) is 4.99. The smallest absolute Gasteiger partial charge is 0.273 e. The van der Waals surface area contributed by atoms with Crippen molar-refractivity contribution < 1.29 is 19.4 Å². The largest absolute Gasteiger partial charge is 0.508 e. The number of primary amides is 1. The predicted molar refractivity (Wildman–Crippen MR) is 124 cm³/mol. The van der Waals surface area contributed by atoms with E-state index in [1.165, 1.54) is 16.8 Å². The van der Waals surface area contributed by atoms with Gasteiger partial charge in [-0.3, -0.25) is 4.79 Å². The fourth-order valence-electron chi connectivity index (χ4n) is 3.09. The van der Waals surface area contributed by atoms with E-state index in [-0.39, 0.29) is 23.8 Å². The molecule has 0 aliphatic carbocycles. The second kappa shape index (κ2) is 9.49. The monoisotopic (exact) mass is 465 g/mol. The number of carbonyl (C=O) groups excluding carboxylic acids is 1. The van der Waals surface area contributed by atoms with E-state index in [9.17, 15) is 9.90 Å². The standard InChI is InChI=1S/C23H20ClN5O4/c1-32-19-5-3-2-4-18(19)27-21-10-15(8-9-26-21)29-12-20(22(28-29)23(25)31)33-13-14-6-7-16(30)11-17(14)24/h2-12,30H,13H2,1H3,(H2,25,31)(H,26,27). The number of benzene rings is 2. The van der Waals surface area contributed by atoms with Crippen LogP contribution in [0.1, 0.15) is 16.1 Å². The van der Waals surface area contributed by atoms with Gasteiger partial charge in [-0.2, -0.15) is 5.10 Å². The lowest BCUT2D eigenvalue weighted by Crippen LogP contribution is -2.14. The van der Waals surface area contributed by atoms with Crippen LogP contribution in [0.4, 0.5) is 11.5 Å². The molecule has 0 aliphatic rings. The molecule has 0 radical (unpaired) electrons. The van der Waals surface area contributed by atoms with Crippen molar-refractivity contribution in [3.63, 3.8) is 0 Å². The van der Waals surface area contributed by atoms with Crippen LogP contribution in [0.15, 0.2) is 67.0 Å². The number of nitrogens with two attached hydrogens (primary N) is 1. The second-order valence-corrected chi connectivity index (χ2v) is 7.35. The lowest BCUT2D eigenvalue weighted by molar-refractivity contribution is 0.0991. The number of hydrogen-bond donors (Lipinski definition) is 3. The van der Waals surface area contributed by atoms with Crippen molar-refractivity contribution in [3.05, 3.63) is 83.3 Å². The zero-order chi connectivity index (χ0) is 23.4. The molecule has 10 heteroatoms. The molecule has 33 heavy (non-hydrogen) atoms. The highest BCUT2D eigenvalue weighted by Gasteiger charge is 2.17. The number of hydrogen-bond acceptors (Lipinski definition) is 7. The maximum atomic E-state index is 11.9. The highest BCUT2D eigenvalue weighted by atomic mass is 35.5. The number of pyridine rings is 1. The highest BCUT2D eigenvalue weighted by molar-refractivity contribution is 6.31. The van der Waals surface area contributed by atoms with Crippen LogP contribution in [0.3, 0.4) is 0 Å². The van der Waals surface area contributed by atoms with E-state index in [1.807, 2.05) is 24.3 Å². The molecule has 0 atom stereocenters. The number of carbonyl (C=O) groups is 1. The fourth-order valence-corrected chi connectivity index (χ4v) is 3.32. The first-order valence-corrected chi connectivity index (χ1v) is 10.2. The molecule has 0 saturated heterocycles. The van der Waals surface area contributed by atoms with E-state index < -0.39 is 5.91 Å². The molecule has 0 bridgehead atoms. The fraction of sp³-hybridized carbons (Fsp3) is 0.0870. The molecule has 0 aliphatic heterocycles. The van der Waals surface area contributed by atoms with Crippen LogP contribution >= 0.6 is 11.6 Å². The first-order valence-electron chi connectivity index (χ1n) is 9.80. The van der Waals surface area contributed by atoms with E-state index in [0.29, 0.717) is 27.8 Å². The van der Waals surface area contributed by atoms with Crippen LogP contribution in [-0.2, 0) is 6.61 Å². The van der Waals surface area contributed by atoms with Crippen LogP contribution < -0.4 is 20.5 Å². The average Bonchev–Trinajstić information content (AvgIpc) is 3.24. The minimum atomic E-state index is -0.734. The molecule has 4 N–H and O–H groups in total. The summed E-state index contributed by atoms with van der Waals surface area (Å²) in [5.74, 6) is 0.726. The van der Waals surface area contributed by atoms with Crippen molar-refractivity contribution in [3.8, 4) is 22.9 Å². The Morgan fingerprint density at radius 1 is 1.18 bits per heavy atom. The summed E-state index contributed by atoms with van der Waals surface area (Å²) in [6, 6.07) is 15.5. The molecule has 0 fully saturated rings. The van der Waals surface area contributed by atoms with E-state index in [0.717, 1.165) is 5.69 Å². The van der Waals surface area contributed by atoms with E-state index in [4.69, 9.17) is 26.8 Å². The Morgan fingerprint density at radius 3 is 2.76 bits per heavy atom. The number of aromatic hydroxyl groups is 1. The predicted octanol–water partition coefficient (Wildman–Crippen LogP) is 4.06. The van der Waals surface area contributed by atoms with E-state index in [1.54, 1.807) is 37.7 Å². The van der Waals surface area contributed by atoms with Crippen LogP contribution in [0.25, 0.3) is 5.69 Å². The normalized spacial score (nSPS) is 10.6.